The van der Waals surface area contributed by atoms with Crippen molar-refractivity contribution in [3.8, 4) is 0 Å². The van der Waals surface area contributed by atoms with Gasteiger partial charge in [-0.05, 0) is 66.0 Å². The highest BCUT2D eigenvalue weighted by atomic mass is 15.1. The molecule has 1 rings (SSSR count). The highest BCUT2D eigenvalue weighted by Crippen LogP contribution is 2.25. The van der Waals surface area contributed by atoms with Gasteiger partial charge in [0.1, 0.15) is 0 Å². The molecule has 0 radical (unpaired) electrons. The predicted molar refractivity (Wildman–Crippen MR) is 90.7 cm³/mol. The second-order valence-electron chi connectivity index (χ2n) is 5.17. The van der Waals surface area contributed by atoms with Gasteiger partial charge >= 0.3 is 0 Å². The minimum absolute atomic E-state index is 0.728. The molecule has 1 heterocycles. The number of piperidine rings is 1. The summed E-state index contributed by atoms with van der Waals surface area (Å²) in [5.74, 6) is 0.866. The number of likely N-dealkylation sites (tertiary alicyclic amines) is 1. The summed E-state index contributed by atoms with van der Waals surface area (Å²) in [5.41, 5.74) is 1.62. The van der Waals surface area contributed by atoms with Crippen LogP contribution in [0.4, 0.5) is 0 Å². The highest BCUT2D eigenvalue weighted by molar-refractivity contribution is 5.04. The maximum atomic E-state index is 3.36. The number of hydrogen-bond donors (Lipinski definition) is 0. The second-order valence-corrected chi connectivity index (χ2v) is 5.17. The Labute approximate surface area is 122 Å². The van der Waals surface area contributed by atoms with Gasteiger partial charge in [-0.25, -0.2) is 0 Å². The lowest BCUT2D eigenvalue weighted by Crippen LogP contribution is -2.38. The molecule has 0 bridgehead atoms. The van der Waals surface area contributed by atoms with E-state index in [0.717, 1.165) is 12.0 Å². The summed E-state index contributed by atoms with van der Waals surface area (Å²) in [6, 6.07) is 0.728. The molecule has 0 saturated carbocycles. The standard InChI is InChI=1S/C13H25N.C3H6.C2H6/c1-5-6-12(4)13-7-9-14(10-8-13)11(2)3;1-3-2;1-2/h6,11,13H,5,7-10H2,1-4H3;3H,1H2,2H3;1-2H3/b12-6+;;. The van der Waals surface area contributed by atoms with E-state index in [2.05, 4.69) is 45.2 Å². The van der Waals surface area contributed by atoms with Gasteiger partial charge in [-0.15, -0.1) is 6.58 Å². The quantitative estimate of drug-likeness (QED) is 0.594. The fraction of sp³-hybridized carbons (Fsp3) is 0.778. The summed E-state index contributed by atoms with van der Waals surface area (Å²) in [6.07, 6.45) is 8.06. The van der Waals surface area contributed by atoms with Crippen molar-refractivity contribution in [1.82, 2.24) is 4.90 Å². The van der Waals surface area contributed by atoms with E-state index in [1.165, 1.54) is 32.4 Å². The molecular weight excluding hydrogens is 230 g/mol. The zero-order chi connectivity index (χ0) is 15.3. The summed E-state index contributed by atoms with van der Waals surface area (Å²) in [7, 11) is 0. The number of rotatable bonds is 3. The van der Waals surface area contributed by atoms with Gasteiger partial charge in [-0.1, -0.05) is 38.5 Å². The van der Waals surface area contributed by atoms with Gasteiger partial charge in [-0.3, -0.25) is 0 Å². The molecule has 0 aliphatic carbocycles. The van der Waals surface area contributed by atoms with Gasteiger partial charge < -0.3 is 4.90 Å². The Morgan fingerprint density at radius 1 is 1.26 bits per heavy atom. The predicted octanol–water partition coefficient (Wildman–Crippen LogP) is 5.68. The van der Waals surface area contributed by atoms with Gasteiger partial charge in [0.05, 0.1) is 0 Å². The first-order valence-corrected chi connectivity index (χ1v) is 8.04. The molecule has 1 saturated heterocycles. The molecule has 0 N–H and O–H groups in total. The van der Waals surface area contributed by atoms with Crippen LogP contribution in [-0.2, 0) is 0 Å². The average Bonchev–Trinajstić information content (AvgIpc) is 2.42. The van der Waals surface area contributed by atoms with Crippen LogP contribution in [0.25, 0.3) is 0 Å². The summed E-state index contributed by atoms with van der Waals surface area (Å²) >= 11 is 0. The van der Waals surface area contributed by atoms with E-state index in [1.54, 1.807) is 11.6 Å². The van der Waals surface area contributed by atoms with Gasteiger partial charge in [0, 0.05) is 6.04 Å². The van der Waals surface area contributed by atoms with Crippen molar-refractivity contribution in [3.63, 3.8) is 0 Å². The number of nitrogens with zero attached hydrogens (tertiary/aromatic N) is 1. The average molecular weight is 268 g/mol. The zero-order valence-electron chi connectivity index (χ0n) is 14.5. The van der Waals surface area contributed by atoms with Crippen molar-refractivity contribution >= 4 is 0 Å². The van der Waals surface area contributed by atoms with Crippen molar-refractivity contribution in [2.75, 3.05) is 13.1 Å². The Hall–Kier alpha value is -0.560. The van der Waals surface area contributed by atoms with Gasteiger partial charge in [0.2, 0.25) is 0 Å². The van der Waals surface area contributed by atoms with E-state index in [-0.39, 0.29) is 0 Å². The Kier molecular flexibility index (Phi) is 15.1. The van der Waals surface area contributed by atoms with Crippen molar-refractivity contribution < 1.29 is 0 Å². The first-order chi connectivity index (χ1) is 9.06. The third-order valence-corrected chi connectivity index (χ3v) is 3.43. The van der Waals surface area contributed by atoms with Crippen LogP contribution in [0, 0.1) is 5.92 Å². The first kappa shape index (κ1) is 20.8. The molecule has 0 aromatic heterocycles. The summed E-state index contributed by atoms with van der Waals surface area (Å²) < 4.78 is 0. The van der Waals surface area contributed by atoms with Crippen LogP contribution < -0.4 is 0 Å². The minimum atomic E-state index is 0.728. The Bertz CT molecular complexity index is 220. The van der Waals surface area contributed by atoms with Crippen LogP contribution in [0.3, 0.4) is 0 Å². The molecule has 0 spiro atoms. The van der Waals surface area contributed by atoms with Gasteiger partial charge in [0.25, 0.3) is 0 Å². The molecule has 0 unspecified atom stereocenters. The van der Waals surface area contributed by atoms with Crippen molar-refractivity contribution in [2.24, 2.45) is 5.92 Å². The van der Waals surface area contributed by atoms with Crippen LogP contribution in [0.2, 0.25) is 0 Å². The van der Waals surface area contributed by atoms with E-state index in [4.69, 9.17) is 0 Å². The second kappa shape index (κ2) is 13.9. The molecular formula is C18H37N. The Balaban J connectivity index is 0. The lowest BCUT2D eigenvalue weighted by Gasteiger charge is -2.35. The molecule has 0 amide bonds. The maximum absolute atomic E-state index is 3.36. The van der Waals surface area contributed by atoms with E-state index in [1.807, 2.05) is 20.8 Å². The lowest BCUT2D eigenvalue weighted by molar-refractivity contribution is 0.161. The summed E-state index contributed by atoms with van der Waals surface area (Å²) in [6.45, 7) is 21.0. The molecule has 0 aromatic carbocycles. The molecule has 1 fully saturated rings. The minimum Gasteiger partial charge on any atom is -0.301 e. The summed E-state index contributed by atoms with van der Waals surface area (Å²) in [5, 5.41) is 0. The van der Waals surface area contributed by atoms with Crippen molar-refractivity contribution in [2.45, 2.75) is 73.8 Å². The summed E-state index contributed by atoms with van der Waals surface area (Å²) in [4.78, 5) is 2.59. The molecule has 1 nitrogen and oxygen atoms in total. The third-order valence-electron chi connectivity index (χ3n) is 3.43. The normalized spacial score (nSPS) is 17.2. The molecule has 1 heteroatoms. The lowest BCUT2D eigenvalue weighted by atomic mass is 9.89. The number of allylic oxidation sites excluding steroid dienone is 3. The molecule has 19 heavy (non-hydrogen) atoms. The largest absolute Gasteiger partial charge is 0.301 e. The van der Waals surface area contributed by atoms with Crippen LogP contribution in [0.1, 0.15) is 67.7 Å². The fourth-order valence-electron chi connectivity index (χ4n) is 2.36. The maximum Gasteiger partial charge on any atom is 0.00385 e. The van der Waals surface area contributed by atoms with E-state index >= 15 is 0 Å². The van der Waals surface area contributed by atoms with Crippen LogP contribution in [0.5, 0.6) is 0 Å². The Morgan fingerprint density at radius 2 is 1.68 bits per heavy atom. The highest BCUT2D eigenvalue weighted by Gasteiger charge is 2.21. The van der Waals surface area contributed by atoms with E-state index < -0.39 is 0 Å². The monoisotopic (exact) mass is 267 g/mol. The molecule has 114 valence electrons. The van der Waals surface area contributed by atoms with Gasteiger partial charge in [0.15, 0.2) is 0 Å². The van der Waals surface area contributed by atoms with Crippen LogP contribution in [0.15, 0.2) is 24.3 Å². The third kappa shape index (κ3) is 9.95. The smallest absolute Gasteiger partial charge is 0.00385 e. The fourth-order valence-corrected chi connectivity index (χ4v) is 2.36. The molecule has 0 aromatic rings. The molecule has 1 aliphatic rings. The molecule has 1 aliphatic heterocycles. The number of hydrogen-bond acceptors (Lipinski definition) is 1. The van der Waals surface area contributed by atoms with Crippen molar-refractivity contribution in [3.05, 3.63) is 24.3 Å². The topological polar surface area (TPSA) is 3.24 Å². The Morgan fingerprint density at radius 3 is 2.00 bits per heavy atom. The zero-order valence-corrected chi connectivity index (χ0v) is 14.5. The first-order valence-electron chi connectivity index (χ1n) is 8.04. The van der Waals surface area contributed by atoms with Crippen LogP contribution in [-0.4, -0.2) is 24.0 Å². The van der Waals surface area contributed by atoms with E-state index in [0.29, 0.717) is 0 Å². The molecule has 0 atom stereocenters. The van der Waals surface area contributed by atoms with Crippen LogP contribution >= 0.6 is 0 Å². The van der Waals surface area contributed by atoms with Crippen molar-refractivity contribution in [1.29, 1.82) is 0 Å². The SMILES string of the molecule is C=CC.CC.CC/C=C(\C)C1CCN(C(C)C)CC1. The van der Waals surface area contributed by atoms with Gasteiger partial charge in [-0.2, -0.15) is 0 Å². The van der Waals surface area contributed by atoms with E-state index in [9.17, 15) is 0 Å².